The third kappa shape index (κ3) is 1.65. The fourth-order valence-electron chi connectivity index (χ4n) is 1.29. The van der Waals surface area contributed by atoms with Gasteiger partial charge in [0.15, 0.2) is 17.3 Å². The van der Waals surface area contributed by atoms with Crippen molar-refractivity contribution in [3.8, 4) is 0 Å². The maximum absolute atomic E-state index is 11.3. The minimum Gasteiger partial charge on any atom is -0.479 e. The zero-order chi connectivity index (χ0) is 11.7. The van der Waals surface area contributed by atoms with Crippen LogP contribution in [0.4, 0.5) is 0 Å². The van der Waals surface area contributed by atoms with Crippen molar-refractivity contribution in [1.29, 1.82) is 0 Å². The molecule has 0 saturated carbocycles. The van der Waals surface area contributed by atoms with Crippen LogP contribution in [0.5, 0.6) is 0 Å². The number of aliphatic carboxylic acids is 1. The van der Waals surface area contributed by atoms with Gasteiger partial charge in [-0.25, -0.2) is 14.8 Å². The van der Waals surface area contributed by atoms with Crippen molar-refractivity contribution >= 4 is 17.1 Å². The van der Waals surface area contributed by atoms with E-state index in [-0.39, 0.29) is 17.7 Å². The van der Waals surface area contributed by atoms with Gasteiger partial charge in [-0.15, -0.1) is 0 Å². The Balaban J connectivity index is 2.43. The van der Waals surface area contributed by atoms with Crippen LogP contribution in [0.1, 0.15) is 0 Å². The summed E-state index contributed by atoms with van der Waals surface area (Å²) in [5.41, 5.74) is -0.0577. The van der Waals surface area contributed by atoms with Gasteiger partial charge in [0.2, 0.25) is 0 Å². The van der Waals surface area contributed by atoms with Crippen molar-refractivity contribution in [3.63, 3.8) is 0 Å². The van der Waals surface area contributed by atoms with Gasteiger partial charge in [0.05, 0.1) is 19.2 Å². The Morgan fingerprint density at radius 1 is 1.56 bits per heavy atom. The Hall–Kier alpha value is -2.22. The second-order valence-electron chi connectivity index (χ2n) is 3.15. The van der Waals surface area contributed by atoms with Gasteiger partial charge in [-0.1, -0.05) is 0 Å². The van der Waals surface area contributed by atoms with E-state index in [0.717, 1.165) is 0 Å². The molecule has 0 radical (unpaired) electrons. The lowest BCUT2D eigenvalue weighted by molar-refractivity contribution is -0.147. The molecule has 2 aromatic rings. The molecule has 0 aliphatic heterocycles. The normalized spacial score (nSPS) is 12.8. The number of hydrogen-bond donors (Lipinski definition) is 3. The molecule has 3 N–H and O–H groups in total. The van der Waals surface area contributed by atoms with E-state index in [1.165, 1.54) is 17.2 Å². The highest BCUT2D eigenvalue weighted by Crippen LogP contribution is 2.04. The van der Waals surface area contributed by atoms with Gasteiger partial charge in [-0.2, -0.15) is 0 Å². The number of aromatic amines is 1. The van der Waals surface area contributed by atoms with Crippen LogP contribution in [0.15, 0.2) is 17.4 Å². The Morgan fingerprint density at radius 2 is 2.31 bits per heavy atom. The highest BCUT2D eigenvalue weighted by molar-refractivity contribution is 5.73. The Morgan fingerprint density at radius 3 is 3.00 bits per heavy atom. The van der Waals surface area contributed by atoms with Crippen LogP contribution in [0, 0.1) is 0 Å². The van der Waals surface area contributed by atoms with Crippen LogP contribution in [0.25, 0.3) is 11.2 Å². The maximum atomic E-state index is 11.3. The Kier molecular flexibility index (Phi) is 2.41. The number of aliphatic hydroxyl groups is 1. The molecule has 8 nitrogen and oxygen atoms in total. The summed E-state index contributed by atoms with van der Waals surface area (Å²) >= 11 is 0. The highest BCUT2D eigenvalue weighted by atomic mass is 16.4. The number of aliphatic hydroxyl groups excluding tert-OH is 1. The van der Waals surface area contributed by atoms with Crippen molar-refractivity contribution in [2.75, 3.05) is 0 Å². The molecule has 84 valence electrons. The van der Waals surface area contributed by atoms with Gasteiger partial charge < -0.3 is 19.8 Å². The molecule has 2 rings (SSSR count). The van der Waals surface area contributed by atoms with E-state index in [2.05, 4.69) is 15.0 Å². The number of nitrogens with zero attached hydrogens (tertiary/aromatic N) is 3. The summed E-state index contributed by atoms with van der Waals surface area (Å²) < 4.78 is 1.31. The van der Waals surface area contributed by atoms with E-state index < -0.39 is 17.6 Å². The highest BCUT2D eigenvalue weighted by Gasteiger charge is 2.16. The lowest BCUT2D eigenvalue weighted by Gasteiger charge is -2.06. The van der Waals surface area contributed by atoms with Gasteiger partial charge in [0, 0.05) is 0 Å². The Labute approximate surface area is 88.2 Å². The molecule has 0 aliphatic carbocycles. The molecule has 0 bridgehead atoms. The maximum Gasteiger partial charge on any atom is 0.334 e. The van der Waals surface area contributed by atoms with E-state index in [1.807, 2.05) is 0 Å². The van der Waals surface area contributed by atoms with Crippen molar-refractivity contribution < 1.29 is 15.0 Å². The van der Waals surface area contributed by atoms with Crippen LogP contribution < -0.4 is 5.56 Å². The van der Waals surface area contributed by atoms with Crippen molar-refractivity contribution in [2.45, 2.75) is 12.6 Å². The molecule has 2 heterocycles. The number of H-pyrrole nitrogens is 1. The lowest BCUT2D eigenvalue weighted by Crippen LogP contribution is -2.25. The van der Waals surface area contributed by atoms with Gasteiger partial charge in [0.1, 0.15) is 0 Å². The number of rotatable bonds is 3. The second kappa shape index (κ2) is 3.74. The molecule has 1 unspecified atom stereocenters. The summed E-state index contributed by atoms with van der Waals surface area (Å²) in [5, 5.41) is 17.7. The van der Waals surface area contributed by atoms with E-state index in [1.54, 1.807) is 0 Å². The quantitative estimate of drug-likeness (QED) is 0.587. The molecule has 1 atom stereocenters. The van der Waals surface area contributed by atoms with E-state index in [4.69, 9.17) is 10.2 Å². The molecule has 0 aromatic carbocycles. The van der Waals surface area contributed by atoms with Crippen molar-refractivity contribution in [2.24, 2.45) is 0 Å². The first-order valence-corrected chi connectivity index (χ1v) is 4.39. The molecule has 0 saturated heterocycles. The largest absolute Gasteiger partial charge is 0.479 e. The van der Waals surface area contributed by atoms with Crippen molar-refractivity contribution in [1.82, 2.24) is 19.5 Å². The minimum atomic E-state index is -1.56. The average molecular weight is 224 g/mol. The second-order valence-corrected chi connectivity index (χ2v) is 3.15. The number of fused-ring (bicyclic) bond motifs is 1. The van der Waals surface area contributed by atoms with E-state index in [0.29, 0.717) is 0 Å². The van der Waals surface area contributed by atoms with Gasteiger partial charge in [-0.05, 0) is 0 Å². The number of imidazole rings is 1. The molecule has 0 spiro atoms. The minimum absolute atomic E-state index is 0.111. The number of carboxylic acid groups (broad SMARTS) is 1. The number of carbonyl (C=O) groups is 1. The molecule has 16 heavy (non-hydrogen) atoms. The number of aromatic nitrogens is 4. The van der Waals surface area contributed by atoms with Crippen LogP contribution >= 0.6 is 0 Å². The average Bonchev–Trinajstić information content (AvgIpc) is 2.63. The molecule has 0 aliphatic rings. The molecule has 8 heteroatoms. The Bertz CT molecular complexity index is 587. The summed E-state index contributed by atoms with van der Waals surface area (Å²) in [5.74, 6) is -1.34. The SMILES string of the molecule is O=C(O)C(O)Cn1cnc2c(=O)[nH]cnc21. The van der Waals surface area contributed by atoms with Crippen molar-refractivity contribution in [3.05, 3.63) is 23.0 Å². The van der Waals surface area contributed by atoms with E-state index in [9.17, 15) is 9.59 Å². The van der Waals surface area contributed by atoms with Crippen LogP contribution in [0.2, 0.25) is 0 Å². The first-order valence-electron chi connectivity index (χ1n) is 4.39. The predicted molar refractivity (Wildman–Crippen MR) is 51.8 cm³/mol. The summed E-state index contributed by atoms with van der Waals surface area (Å²) in [6.07, 6.45) is 0.896. The molecular weight excluding hydrogens is 216 g/mol. The monoisotopic (exact) mass is 224 g/mol. The molecule has 0 amide bonds. The summed E-state index contributed by atoms with van der Waals surface area (Å²) in [7, 11) is 0. The topological polar surface area (TPSA) is 121 Å². The summed E-state index contributed by atoms with van der Waals surface area (Å²) in [6.45, 7) is -0.206. The smallest absolute Gasteiger partial charge is 0.334 e. The molecule has 2 aromatic heterocycles. The summed E-state index contributed by atoms with van der Waals surface area (Å²) in [4.78, 5) is 31.7. The fourth-order valence-corrected chi connectivity index (χ4v) is 1.29. The number of nitrogens with one attached hydrogen (secondary N) is 1. The lowest BCUT2D eigenvalue weighted by atomic mass is 10.3. The van der Waals surface area contributed by atoms with Gasteiger partial charge >= 0.3 is 5.97 Å². The number of carboxylic acids is 1. The zero-order valence-electron chi connectivity index (χ0n) is 7.99. The fraction of sp³-hybridized carbons (Fsp3) is 0.250. The molecule has 0 fully saturated rings. The third-order valence-electron chi connectivity index (χ3n) is 2.06. The zero-order valence-corrected chi connectivity index (χ0v) is 7.99. The first kappa shape index (κ1) is 10.3. The first-order chi connectivity index (χ1) is 7.59. The summed E-state index contributed by atoms with van der Waals surface area (Å²) in [6, 6.07) is 0. The van der Waals surface area contributed by atoms with Crippen LogP contribution in [0.3, 0.4) is 0 Å². The molecular formula is C8H8N4O4. The van der Waals surface area contributed by atoms with Crippen LogP contribution in [-0.2, 0) is 11.3 Å². The number of hydrogen-bond acceptors (Lipinski definition) is 5. The van der Waals surface area contributed by atoms with Gasteiger partial charge in [0.25, 0.3) is 5.56 Å². The van der Waals surface area contributed by atoms with E-state index >= 15 is 0 Å². The van der Waals surface area contributed by atoms with Gasteiger partial charge in [-0.3, -0.25) is 4.79 Å². The standard InChI is InChI=1S/C8H8N4O4/c13-4(8(15)16)1-12-3-11-5-6(12)9-2-10-7(5)14/h2-4,13H,1H2,(H,15,16)(H,9,10,14). The predicted octanol–water partition coefficient (Wildman–Crippen LogP) is -1.43. The van der Waals surface area contributed by atoms with Crippen LogP contribution in [-0.4, -0.2) is 41.8 Å². The third-order valence-corrected chi connectivity index (χ3v) is 2.06.